The van der Waals surface area contributed by atoms with E-state index in [0.717, 1.165) is 11.3 Å². The maximum Gasteiger partial charge on any atom is 0.277 e. The van der Waals surface area contributed by atoms with E-state index in [0.29, 0.717) is 36.9 Å². The monoisotopic (exact) mass is 434 g/mol. The van der Waals surface area contributed by atoms with Crippen LogP contribution in [0.4, 0.5) is 5.69 Å². The summed E-state index contributed by atoms with van der Waals surface area (Å²) >= 11 is 6.09. The van der Waals surface area contributed by atoms with Gasteiger partial charge in [0.2, 0.25) is 0 Å². The normalized spacial score (nSPS) is 14.2. The summed E-state index contributed by atoms with van der Waals surface area (Å²) in [6, 6.07) is 17.1. The number of H-pyrrole nitrogens is 1. The quantitative estimate of drug-likeness (QED) is 0.535. The maximum absolute atomic E-state index is 13.1. The topological polar surface area (TPSA) is 86.6 Å². The van der Waals surface area contributed by atoms with E-state index in [1.165, 1.54) is 4.52 Å². The standard InChI is InChI=1S/C22H19ClN6O2/c23-16-7-4-8-17(13-16)27-9-11-28(12-10-27)22(31)19-20-21(30)24-18(14-29(20)26-25-19)15-5-2-1-3-6-15/h1-8,13-14H,9-12H2,(H,24,30). The van der Waals surface area contributed by atoms with Crippen LogP contribution in [0.3, 0.4) is 0 Å². The average Bonchev–Trinajstić information content (AvgIpc) is 3.24. The Morgan fingerprint density at radius 1 is 1.00 bits per heavy atom. The first-order valence-corrected chi connectivity index (χ1v) is 10.3. The zero-order chi connectivity index (χ0) is 21.4. The number of piperazine rings is 1. The Labute approximate surface area is 182 Å². The molecule has 2 aromatic heterocycles. The molecule has 9 heteroatoms. The fourth-order valence-electron chi connectivity index (χ4n) is 3.83. The van der Waals surface area contributed by atoms with Crippen molar-refractivity contribution in [2.24, 2.45) is 0 Å². The first kappa shape index (κ1) is 19.3. The summed E-state index contributed by atoms with van der Waals surface area (Å²) in [7, 11) is 0. The van der Waals surface area contributed by atoms with E-state index in [4.69, 9.17) is 11.6 Å². The van der Waals surface area contributed by atoms with Gasteiger partial charge in [0.15, 0.2) is 11.2 Å². The number of aromatic nitrogens is 4. The van der Waals surface area contributed by atoms with E-state index in [9.17, 15) is 9.59 Å². The lowest BCUT2D eigenvalue weighted by molar-refractivity contribution is 0.0742. The van der Waals surface area contributed by atoms with Crippen LogP contribution >= 0.6 is 11.6 Å². The molecule has 1 N–H and O–H groups in total. The van der Waals surface area contributed by atoms with Crippen molar-refractivity contribution in [1.82, 2.24) is 24.7 Å². The van der Waals surface area contributed by atoms with Crippen molar-refractivity contribution in [2.75, 3.05) is 31.1 Å². The molecule has 0 spiro atoms. The zero-order valence-electron chi connectivity index (χ0n) is 16.5. The van der Waals surface area contributed by atoms with Crippen molar-refractivity contribution in [1.29, 1.82) is 0 Å². The minimum atomic E-state index is -0.396. The summed E-state index contributed by atoms with van der Waals surface area (Å²) in [4.78, 5) is 32.6. The van der Waals surface area contributed by atoms with Gasteiger partial charge in [-0.05, 0) is 23.8 Å². The lowest BCUT2D eigenvalue weighted by Gasteiger charge is -2.35. The summed E-state index contributed by atoms with van der Waals surface area (Å²) in [5, 5.41) is 8.73. The minimum absolute atomic E-state index is 0.0667. The molecule has 1 saturated heterocycles. The molecule has 1 amide bonds. The molecule has 3 heterocycles. The molecule has 5 rings (SSSR count). The minimum Gasteiger partial charge on any atom is -0.368 e. The highest BCUT2D eigenvalue weighted by atomic mass is 35.5. The molecular formula is C22H19ClN6O2. The van der Waals surface area contributed by atoms with Gasteiger partial charge in [-0.1, -0.05) is 53.2 Å². The first-order valence-electron chi connectivity index (χ1n) is 9.94. The van der Waals surface area contributed by atoms with Gasteiger partial charge in [-0.2, -0.15) is 0 Å². The molecule has 0 bridgehead atoms. The third-order valence-corrected chi connectivity index (χ3v) is 5.67. The molecule has 0 unspecified atom stereocenters. The number of nitrogens with one attached hydrogen (secondary N) is 1. The Morgan fingerprint density at radius 3 is 2.52 bits per heavy atom. The van der Waals surface area contributed by atoms with E-state index in [1.807, 2.05) is 54.6 Å². The number of fused-ring (bicyclic) bond motifs is 1. The van der Waals surface area contributed by atoms with E-state index in [-0.39, 0.29) is 17.1 Å². The second-order valence-corrected chi connectivity index (χ2v) is 7.79. The molecule has 1 aliphatic heterocycles. The Bertz CT molecular complexity index is 1310. The van der Waals surface area contributed by atoms with Gasteiger partial charge in [0, 0.05) is 36.9 Å². The summed E-state index contributed by atoms with van der Waals surface area (Å²) < 4.78 is 1.37. The summed E-state index contributed by atoms with van der Waals surface area (Å²) in [5.41, 5.74) is 2.31. The zero-order valence-corrected chi connectivity index (χ0v) is 17.3. The van der Waals surface area contributed by atoms with Gasteiger partial charge in [-0.25, -0.2) is 4.52 Å². The highest BCUT2D eigenvalue weighted by Crippen LogP contribution is 2.22. The Hall–Kier alpha value is -3.65. The predicted molar refractivity (Wildman–Crippen MR) is 119 cm³/mol. The number of amides is 1. The second kappa shape index (κ2) is 7.88. The van der Waals surface area contributed by atoms with Gasteiger partial charge in [0.1, 0.15) is 0 Å². The third kappa shape index (κ3) is 3.66. The van der Waals surface area contributed by atoms with Crippen LogP contribution in [0, 0.1) is 0 Å². The molecule has 31 heavy (non-hydrogen) atoms. The van der Waals surface area contributed by atoms with Gasteiger partial charge < -0.3 is 14.8 Å². The lowest BCUT2D eigenvalue weighted by Crippen LogP contribution is -2.49. The van der Waals surface area contributed by atoms with Crippen LogP contribution in [0.15, 0.2) is 65.6 Å². The van der Waals surface area contributed by atoms with Crippen LogP contribution in [-0.4, -0.2) is 56.8 Å². The molecule has 1 aliphatic rings. The highest BCUT2D eigenvalue weighted by Gasteiger charge is 2.27. The van der Waals surface area contributed by atoms with E-state index in [1.54, 1.807) is 11.1 Å². The van der Waals surface area contributed by atoms with Crippen molar-refractivity contribution < 1.29 is 4.79 Å². The van der Waals surface area contributed by atoms with Crippen molar-refractivity contribution >= 4 is 28.7 Å². The van der Waals surface area contributed by atoms with E-state index < -0.39 is 5.56 Å². The molecule has 0 atom stereocenters. The van der Waals surface area contributed by atoms with E-state index >= 15 is 0 Å². The number of nitrogens with zero attached hydrogens (tertiary/aromatic N) is 5. The van der Waals surface area contributed by atoms with Gasteiger partial charge in [-0.3, -0.25) is 9.59 Å². The summed E-state index contributed by atoms with van der Waals surface area (Å²) in [6.45, 7) is 2.37. The fourth-order valence-corrected chi connectivity index (χ4v) is 4.01. The van der Waals surface area contributed by atoms with Crippen LogP contribution in [0.25, 0.3) is 16.8 Å². The molecule has 2 aromatic carbocycles. The van der Waals surface area contributed by atoms with Crippen molar-refractivity contribution in [2.45, 2.75) is 0 Å². The molecule has 1 fully saturated rings. The van der Waals surface area contributed by atoms with Crippen LogP contribution in [0.5, 0.6) is 0 Å². The largest absolute Gasteiger partial charge is 0.368 e. The molecule has 0 saturated carbocycles. The highest BCUT2D eigenvalue weighted by molar-refractivity contribution is 6.30. The number of hydrogen-bond acceptors (Lipinski definition) is 5. The molecule has 4 aromatic rings. The van der Waals surface area contributed by atoms with Crippen molar-refractivity contribution in [3.63, 3.8) is 0 Å². The number of carbonyl (C=O) groups is 1. The predicted octanol–water partition coefficient (Wildman–Crippen LogP) is 2.70. The number of benzene rings is 2. The lowest BCUT2D eigenvalue weighted by atomic mass is 10.1. The van der Waals surface area contributed by atoms with Gasteiger partial charge in [0.25, 0.3) is 11.5 Å². The van der Waals surface area contributed by atoms with Crippen molar-refractivity contribution in [3.8, 4) is 11.3 Å². The maximum atomic E-state index is 13.1. The molecular weight excluding hydrogens is 416 g/mol. The van der Waals surface area contributed by atoms with Crippen LogP contribution in [0.1, 0.15) is 10.5 Å². The van der Waals surface area contributed by atoms with Crippen LogP contribution in [0.2, 0.25) is 5.02 Å². The Kier molecular flexibility index (Phi) is 4.91. The molecule has 0 aliphatic carbocycles. The second-order valence-electron chi connectivity index (χ2n) is 7.35. The number of aromatic amines is 1. The molecule has 156 valence electrons. The van der Waals surface area contributed by atoms with Crippen LogP contribution < -0.4 is 10.5 Å². The van der Waals surface area contributed by atoms with Crippen molar-refractivity contribution in [3.05, 3.63) is 81.9 Å². The smallest absolute Gasteiger partial charge is 0.277 e. The summed E-state index contributed by atoms with van der Waals surface area (Å²) in [5.74, 6) is -0.293. The third-order valence-electron chi connectivity index (χ3n) is 5.44. The Morgan fingerprint density at radius 2 is 1.77 bits per heavy atom. The average molecular weight is 435 g/mol. The van der Waals surface area contributed by atoms with Gasteiger partial charge in [0.05, 0.1) is 11.9 Å². The number of hydrogen-bond donors (Lipinski definition) is 1. The number of anilines is 1. The molecule has 0 radical (unpaired) electrons. The van der Waals surface area contributed by atoms with Gasteiger partial charge >= 0.3 is 0 Å². The SMILES string of the molecule is O=C(c1nnn2cc(-c3ccccc3)[nH]c(=O)c12)N1CCN(c2cccc(Cl)c2)CC1. The number of rotatable bonds is 3. The first-order chi connectivity index (χ1) is 15.1. The molecule has 8 nitrogen and oxygen atoms in total. The Balaban J connectivity index is 1.38. The summed E-state index contributed by atoms with van der Waals surface area (Å²) in [6.07, 6.45) is 1.67. The number of carbonyl (C=O) groups excluding carboxylic acids is 1. The fraction of sp³-hybridized carbons (Fsp3) is 0.182. The van der Waals surface area contributed by atoms with E-state index in [2.05, 4.69) is 20.2 Å². The number of halogens is 1. The van der Waals surface area contributed by atoms with Crippen LogP contribution in [-0.2, 0) is 0 Å². The van der Waals surface area contributed by atoms with Gasteiger partial charge in [-0.15, -0.1) is 5.10 Å².